The third kappa shape index (κ3) is 11.1. The summed E-state index contributed by atoms with van der Waals surface area (Å²) in [4.78, 5) is 38.1. The van der Waals surface area contributed by atoms with Crippen LogP contribution in [0, 0.1) is 0 Å². The van der Waals surface area contributed by atoms with Crippen molar-refractivity contribution in [3.8, 4) is 0 Å². The number of nitrogens with one attached hydrogen (secondary N) is 2. The van der Waals surface area contributed by atoms with Gasteiger partial charge >= 0.3 is 12.1 Å². The Labute approximate surface area is 349 Å². The lowest BCUT2D eigenvalue weighted by Gasteiger charge is -2.50. The predicted molar refractivity (Wildman–Crippen MR) is 241 cm³/mol. The number of urea groups is 2. The summed E-state index contributed by atoms with van der Waals surface area (Å²) in [5.41, 5.74) is 3.01. The van der Waals surface area contributed by atoms with Crippen LogP contribution in [0.4, 0.5) is 32.3 Å². The summed E-state index contributed by atoms with van der Waals surface area (Å²) in [5, 5.41) is 7.65. The first kappa shape index (κ1) is 42.9. The summed E-state index contributed by atoms with van der Waals surface area (Å²) < 4.78 is 0. The summed E-state index contributed by atoms with van der Waals surface area (Å²) in [7, 11) is 0. The van der Waals surface area contributed by atoms with Crippen molar-refractivity contribution in [2.45, 2.75) is 141 Å². The van der Waals surface area contributed by atoms with Crippen molar-refractivity contribution in [1.82, 2.24) is 20.4 Å². The van der Waals surface area contributed by atoms with Gasteiger partial charge in [0.2, 0.25) is 0 Å². The van der Waals surface area contributed by atoms with Gasteiger partial charge in [0.1, 0.15) is 0 Å². The number of amides is 4. The molecule has 0 aliphatic carbocycles. The first-order chi connectivity index (χ1) is 27.5. The maximum Gasteiger partial charge on any atom is 0.329 e. The molecule has 0 unspecified atom stereocenters. The van der Waals surface area contributed by atoms with Crippen LogP contribution in [0.15, 0.2) is 121 Å². The van der Waals surface area contributed by atoms with Crippen LogP contribution in [-0.4, -0.2) is 69.2 Å². The van der Waals surface area contributed by atoms with Crippen molar-refractivity contribution >= 4 is 34.8 Å². The van der Waals surface area contributed by atoms with Crippen LogP contribution in [0.5, 0.6) is 0 Å². The van der Waals surface area contributed by atoms with E-state index in [-0.39, 0.29) is 46.3 Å². The van der Waals surface area contributed by atoms with Crippen molar-refractivity contribution in [2.24, 2.45) is 0 Å². The molecule has 0 saturated carbocycles. The average molecular weight is 785 g/mol. The molecular formula is C50H68N6O2. The van der Waals surface area contributed by atoms with E-state index in [1.54, 1.807) is 0 Å². The summed E-state index contributed by atoms with van der Waals surface area (Å²) in [5.74, 6) is 0. The van der Waals surface area contributed by atoms with Gasteiger partial charge in [-0.25, -0.2) is 9.59 Å². The van der Waals surface area contributed by atoms with E-state index in [2.05, 4.69) is 75.8 Å². The van der Waals surface area contributed by atoms with E-state index >= 15 is 9.59 Å². The van der Waals surface area contributed by atoms with Gasteiger partial charge in [0.15, 0.2) is 0 Å². The van der Waals surface area contributed by atoms with Crippen molar-refractivity contribution in [1.29, 1.82) is 0 Å². The summed E-state index contributed by atoms with van der Waals surface area (Å²) in [6.07, 6.45) is 7.19. The quantitative estimate of drug-likeness (QED) is 0.132. The minimum absolute atomic E-state index is 0.0192. The Morgan fingerprint density at radius 1 is 0.431 bits per heavy atom. The number of hydrogen-bond acceptors (Lipinski definition) is 4. The molecule has 310 valence electrons. The second-order valence-corrected chi connectivity index (χ2v) is 19.3. The van der Waals surface area contributed by atoms with Gasteiger partial charge in [0.05, 0.1) is 22.7 Å². The van der Waals surface area contributed by atoms with E-state index in [0.717, 1.165) is 74.1 Å². The lowest BCUT2D eigenvalue weighted by Crippen LogP contribution is -2.63. The van der Waals surface area contributed by atoms with Gasteiger partial charge in [-0.15, -0.1) is 0 Å². The molecule has 4 amide bonds. The number of piperidine rings is 2. The standard InChI is InChI=1S/C50H68N6O2/c1-47(2)35-43(36-48(3,4)51-47)53(45(57)55(39-25-15-11-16-26-39)40-27-17-12-18-28-40)33-23-9-10-24-34-54(44-37-49(5,6)52-50(7,8)38-44)46(58)56(41-29-19-13-20-30-41)42-31-21-14-22-32-42/h11-22,25-32,43-44,51-52H,9-10,23-24,33-38H2,1-8H3. The fraction of sp³-hybridized carbons (Fsp3) is 0.480. The molecule has 0 atom stereocenters. The average Bonchev–Trinajstić information content (AvgIpc) is 3.15. The zero-order valence-corrected chi connectivity index (χ0v) is 36.4. The number of hydrogen-bond donors (Lipinski definition) is 2. The van der Waals surface area contributed by atoms with Gasteiger partial charge in [0, 0.05) is 47.3 Å². The number of anilines is 4. The molecule has 0 spiro atoms. The highest BCUT2D eigenvalue weighted by atomic mass is 16.2. The fourth-order valence-corrected chi connectivity index (χ4v) is 10.1. The van der Waals surface area contributed by atoms with Crippen LogP contribution in [-0.2, 0) is 0 Å². The molecule has 58 heavy (non-hydrogen) atoms. The molecule has 2 heterocycles. The molecule has 2 aliphatic rings. The van der Waals surface area contributed by atoms with E-state index < -0.39 is 0 Å². The Kier molecular flexibility index (Phi) is 13.4. The second-order valence-electron chi connectivity index (χ2n) is 19.3. The fourth-order valence-electron chi connectivity index (χ4n) is 10.1. The number of unbranched alkanes of at least 4 members (excludes halogenated alkanes) is 3. The Morgan fingerprint density at radius 2 is 0.672 bits per heavy atom. The molecule has 2 aliphatic heterocycles. The summed E-state index contributed by atoms with van der Waals surface area (Å²) in [6.45, 7) is 19.4. The normalized spacial score (nSPS) is 18.6. The van der Waals surface area contributed by atoms with Crippen LogP contribution in [0.25, 0.3) is 0 Å². The molecule has 0 aromatic heterocycles. The van der Waals surface area contributed by atoms with Crippen LogP contribution in [0.2, 0.25) is 0 Å². The highest BCUT2D eigenvalue weighted by molar-refractivity contribution is 6.00. The summed E-state index contributed by atoms with van der Waals surface area (Å²) in [6, 6.07) is 40.3. The van der Waals surface area contributed by atoms with Gasteiger partial charge in [-0.3, -0.25) is 9.80 Å². The molecule has 2 saturated heterocycles. The Bertz CT molecular complexity index is 1660. The van der Waals surface area contributed by atoms with Crippen molar-refractivity contribution in [3.63, 3.8) is 0 Å². The van der Waals surface area contributed by atoms with Crippen molar-refractivity contribution in [3.05, 3.63) is 121 Å². The number of para-hydroxylation sites is 4. The zero-order chi connectivity index (χ0) is 41.6. The minimum Gasteiger partial charge on any atom is -0.321 e. The number of carbonyl (C=O) groups excluding carboxylic acids is 2. The maximum atomic E-state index is 15.0. The smallest absolute Gasteiger partial charge is 0.321 e. The second kappa shape index (κ2) is 18.1. The number of benzene rings is 4. The SMILES string of the molecule is CC1(C)CC(N(CCCCCCN(C(=O)N(c2ccccc2)c2ccccc2)C2CC(C)(C)NC(C)(C)C2)C(=O)N(c2ccccc2)c2ccccc2)CC(C)(C)N1. The van der Waals surface area contributed by atoms with Crippen LogP contribution < -0.4 is 20.4 Å². The largest absolute Gasteiger partial charge is 0.329 e. The lowest BCUT2D eigenvalue weighted by molar-refractivity contribution is 0.0819. The Balaban J connectivity index is 1.21. The first-order valence-electron chi connectivity index (χ1n) is 21.5. The van der Waals surface area contributed by atoms with E-state index in [9.17, 15) is 0 Å². The van der Waals surface area contributed by atoms with Gasteiger partial charge in [-0.2, -0.15) is 0 Å². The molecule has 4 aromatic rings. The predicted octanol–water partition coefficient (Wildman–Crippen LogP) is 11.7. The number of nitrogens with zero attached hydrogens (tertiary/aromatic N) is 4. The molecule has 0 radical (unpaired) electrons. The zero-order valence-electron chi connectivity index (χ0n) is 36.4. The van der Waals surface area contributed by atoms with E-state index in [1.807, 2.05) is 131 Å². The van der Waals surface area contributed by atoms with E-state index in [1.165, 1.54) is 0 Å². The third-order valence-corrected chi connectivity index (χ3v) is 11.7. The monoisotopic (exact) mass is 785 g/mol. The van der Waals surface area contributed by atoms with Gasteiger partial charge in [0.25, 0.3) is 0 Å². The van der Waals surface area contributed by atoms with Gasteiger partial charge in [-0.1, -0.05) is 85.6 Å². The highest BCUT2D eigenvalue weighted by Crippen LogP contribution is 2.37. The first-order valence-corrected chi connectivity index (χ1v) is 21.5. The van der Waals surface area contributed by atoms with E-state index in [4.69, 9.17) is 0 Å². The molecule has 2 N–H and O–H groups in total. The Hall–Kier alpha value is -4.66. The third-order valence-electron chi connectivity index (χ3n) is 11.7. The molecular weight excluding hydrogens is 717 g/mol. The van der Waals surface area contributed by atoms with Crippen LogP contribution in [0.1, 0.15) is 107 Å². The molecule has 8 nitrogen and oxygen atoms in total. The van der Waals surface area contributed by atoms with Crippen molar-refractivity contribution < 1.29 is 9.59 Å². The number of rotatable bonds is 13. The molecule has 2 fully saturated rings. The molecule has 6 rings (SSSR count). The molecule has 4 aromatic carbocycles. The molecule has 8 heteroatoms. The molecule has 0 bridgehead atoms. The van der Waals surface area contributed by atoms with E-state index in [0.29, 0.717) is 13.1 Å². The summed E-state index contributed by atoms with van der Waals surface area (Å²) >= 11 is 0. The topological polar surface area (TPSA) is 71.2 Å². The Morgan fingerprint density at radius 3 is 0.914 bits per heavy atom. The maximum absolute atomic E-state index is 15.0. The van der Waals surface area contributed by atoms with Crippen molar-refractivity contribution in [2.75, 3.05) is 22.9 Å². The number of carbonyl (C=O) groups is 2. The highest BCUT2D eigenvalue weighted by Gasteiger charge is 2.44. The minimum atomic E-state index is -0.115. The van der Waals surface area contributed by atoms with Gasteiger partial charge in [-0.05, 0) is 142 Å². The van der Waals surface area contributed by atoms with Gasteiger partial charge < -0.3 is 20.4 Å². The lowest BCUT2D eigenvalue weighted by atomic mass is 9.79. The van der Waals surface area contributed by atoms with Crippen LogP contribution >= 0.6 is 0 Å². The van der Waals surface area contributed by atoms with Crippen LogP contribution in [0.3, 0.4) is 0 Å².